The first-order chi connectivity index (χ1) is 13.4. The van der Waals surface area contributed by atoms with Gasteiger partial charge >= 0.3 is 5.97 Å². The van der Waals surface area contributed by atoms with Crippen molar-refractivity contribution in [2.45, 2.75) is 63.9 Å². The quantitative estimate of drug-likeness (QED) is 0.417. The summed E-state index contributed by atoms with van der Waals surface area (Å²) in [6.07, 6.45) is 5.35. The van der Waals surface area contributed by atoms with E-state index in [1.54, 1.807) is 11.3 Å². The molecule has 1 amide bonds. The molecule has 6 nitrogen and oxygen atoms in total. The molecule has 0 saturated heterocycles. The largest absolute Gasteiger partial charge is 0.467 e. The lowest BCUT2D eigenvalue weighted by Crippen LogP contribution is -2.46. The first-order valence-corrected chi connectivity index (χ1v) is 11.5. The molecule has 3 rings (SSSR count). The summed E-state index contributed by atoms with van der Waals surface area (Å²) >= 11 is 3.18. The number of aromatic nitrogens is 2. The smallest absolute Gasteiger partial charge is 0.328 e. The predicted molar refractivity (Wildman–Crippen MR) is 113 cm³/mol. The molecule has 1 N–H and O–H groups in total. The molecule has 28 heavy (non-hydrogen) atoms. The van der Waals surface area contributed by atoms with Crippen LogP contribution < -0.4 is 5.32 Å². The van der Waals surface area contributed by atoms with E-state index in [-0.39, 0.29) is 17.6 Å². The minimum Gasteiger partial charge on any atom is -0.467 e. The molecule has 0 bridgehead atoms. The number of fused-ring (bicyclic) bond motifs is 3. The van der Waals surface area contributed by atoms with Crippen molar-refractivity contribution in [3.8, 4) is 0 Å². The normalized spacial score (nSPS) is 15.7. The second-order valence-electron chi connectivity index (χ2n) is 7.21. The van der Waals surface area contributed by atoms with Crippen LogP contribution in [0.15, 0.2) is 5.03 Å². The fourth-order valence-corrected chi connectivity index (χ4v) is 5.76. The maximum atomic E-state index is 12.5. The van der Waals surface area contributed by atoms with Gasteiger partial charge in [0.25, 0.3) is 0 Å². The molecule has 0 fully saturated rings. The van der Waals surface area contributed by atoms with Crippen LogP contribution in [0.5, 0.6) is 0 Å². The molecule has 0 unspecified atom stereocenters. The van der Waals surface area contributed by atoms with Crippen LogP contribution in [0, 0.1) is 12.8 Å². The van der Waals surface area contributed by atoms with Crippen molar-refractivity contribution in [2.75, 3.05) is 12.9 Å². The van der Waals surface area contributed by atoms with Crippen molar-refractivity contribution in [1.29, 1.82) is 0 Å². The van der Waals surface area contributed by atoms with E-state index in [1.807, 2.05) is 20.8 Å². The Balaban J connectivity index is 1.76. The number of amides is 1. The Morgan fingerprint density at radius 3 is 2.75 bits per heavy atom. The second-order valence-corrected chi connectivity index (χ2v) is 9.26. The first-order valence-electron chi connectivity index (χ1n) is 9.73. The van der Waals surface area contributed by atoms with Crippen molar-refractivity contribution < 1.29 is 14.3 Å². The number of nitrogens with one attached hydrogen (secondary N) is 1. The molecular weight excluding hydrogens is 394 g/mol. The molecular formula is C20H27N3O3S2. The van der Waals surface area contributed by atoms with Gasteiger partial charge in [-0.05, 0) is 44.1 Å². The van der Waals surface area contributed by atoms with Gasteiger partial charge in [-0.3, -0.25) is 4.79 Å². The van der Waals surface area contributed by atoms with Crippen molar-refractivity contribution >= 4 is 45.2 Å². The second kappa shape index (κ2) is 9.22. The lowest BCUT2D eigenvalue weighted by atomic mass is 9.97. The molecule has 0 aliphatic heterocycles. The van der Waals surface area contributed by atoms with Gasteiger partial charge in [0.1, 0.15) is 21.7 Å². The molecule has 2 heterocycles. The minimum atomic E-state index is -0.621. The molecule has 2 atom stereocenters. The van der Waals surface area contributed by atoms with E-state index in [1.165, 1.54) is 42.2 Å². The molecule has 1 aliphatic rings. The Bertz CT molecular complexity index is 881. The van der Waals surface area contributed by atoms with E-state index in [9.17, 15) is 9.59 Å². The van der Waals surface area contributed by atoms with Crippen molar-refractivity contribution in [3.63, 3.8) is 0 Å². The highest BCUT2D eigenvalue weighted by Crippen LogP contribution is 2.39. The number of hydrogen-bond acceptors (Lipinski definition) is 7. The maximum absolute atomic E-state index is 12.5. The third-order valence-electron chi connectivity index (χ3n) is 5.22. The van der Waals surface area contributed by atoms with Crippen LogP contribution >= 0.6 is 23.1 Å². The van der Waals surface area contributed by atoms with Gasteiger partial charge < -0.3 is 10.1 Å². The number of methoxy groups -OCH3 is 1. The Labute approximate surface area is 173 Å². The third kappa shape index (κ3) is 4.49. The fraction of sp³-hybridized carbons (Fsp3) is 0.600. The molecule has 0 aromatic carbocycles. The van der Waals surface area contributed by atoms with Crippen LogP contribution in [0.2, 0.25) is 0 Å². The molecule has 152 valence electrons. The average Bonchev–Trinajstić information content (AvgIpc) is 3.07. The highest BCUT2D eigenvalue weighted by molar-refractivity contribution is 8.00. The van der Waals surface area contributed by atoms with Crippen LogP contribution in [0.4, 0.5) is 0 Å². The van der Waals surface area contributed by atoms with Crippen LogP contribution in [-0.4, -0.2) is 40.7 Å². The fourth-order valence-electron chi connectivity index (χ4n) is 3.48. The molecule has 2 aromatic heterocycles. The standard InChI is InChI=1S/C20H27N3O3S2/c1-5-11(2)17(20(25)26-4)23-15(24)10-27-18-16-13-8-6-7-9-14(13)28-19(16)22-12(3)21-18/h11,17H,5-10H2,1-4H3,(H,23,24)/t11-,17+/m1/s1. The molecule has 8 heteroatoms. The summed E-state index contributed by atoms with van der Waals surface area (Å²) in [4.78, 5) is 36.2. The van der Waals surface area contributed by atoms with Crippen LogP contribution in [-0.2, 0) is 27.2 Å². The zero-order valence-corrected chi connectivity index (χ0v) is 18.5. The van der Waals surface area contributed by atoms with Gasteiger partial charge in [-0.25, -0.2) is 14.8 Å². The Morgan fingerprint density at radius 1 is 1.29 bits per heavy atom. The van der Waals surface area contributed by atoms with Gasteiger partial charge in [0.05, 0.1) is 12.9 Å². The molecule has 0 saturated carbocycles. The maximum Gasteiger partial charge on any atom is 0.328 e. The van der Waals surface area contributed by atoms with Crippen LogP contribution in [0.25, 0.3) is 10.2 Å². The van der Waals surface area contributed by atoms with Gasteiger partial charge in [0.15, 0.2) is 0 Å². The predicted octanol–water partition coefficient (Wildman–Crippen LogP) is 3.67. The molecule has 0 radical (unpaired) electrons. The number of ether oxygens (including phenoxy) is 1. The number of esters is 1. The van der Waals surface area contributed by atoms with Gasteiger partial charge in [-0.1, -0.05) is 32.0 Å². The average molecular weight is 422 g/mol. The Hall–Kier alpha value is -1.67. The molecule has 2 aromatic rings. The highest BCUT2D eigenvalue weighted by atomic mass is 32.2. The summed E-state index contributed by atoms with van der Waals surface area (Å²) in [5.41, 5.74) is 1.36. The number of carbonyl (C=O) groups is 2. The van der Waals surface area contributed by atoms with Gasteiger partial charge in [0.2, 0.25) is 5.91 Å². The molecule has 1 aliphatic carbocycles. The van der Waals surface area contributed by atoms with Gasteiger partial charge in [0, 0.05) is 10.3 Å². The third-order valence-corrected chi connectivity index (χ3v) is 7.38. The zero-order valence-electron chi connectivity index (χ0n) is 16.8. The monoisotopic (exact) mass is 421 g/mol. The number of thioether (sulfide) groups is 1. The summed E-state index contributed by atoms with van der Waals surface area (Å²) in [6.45, 7) is 5.81. The number of aryl methyl sites for hydroxylation is 3. The summed E-state index contributed by atoms with van der Waals surface area (Å²) in [6, 6.07) is -0.621. The van der Waals surface area contributed by atoms with Crippen LogP contribution in [0.3, 0.4) is 0 Å². The van der Waals surface area contributed by atoms with Crippen molar-refractivity contribution in [3.05, 3.63) is 16.3 Å². The lowest BCUT2D eigenvalue weighted by molar-refractivity contribution is -0.146. The summed E-state index contributed by atoms with van der Waals surface area (Å²) in [5, 5.41) is 4.82. The summed E-state index contributed by atoms with van der Waals surface area (Å²) in [7, 11) is 1.35. The number of rotatable bonds is 7. The first kappa shape index (κ1) is 21.0. The number of hydrogen-bond donors (Lipinski definition) is 1. The van der Waals surface area contributed by atoms with Crippen molar-refractivity contribution in [1.82, 2.24) is 15.3 Å². The van der Waals surface area contributed by atoms with E-state index < -0.39 is 12.0 Å². The lowest BCUT2D eigenvalue weighted by Gasteiger charge is -2.21. The SMILES string of the molecule is CC[C@@H](C)[C@H](NC(=O)CSc1nc(C)nc2sc3c(c12)CCCC3)C(=O)OC. The zero-order chi connectivity index (χ0) is 20.3. The van der Waals surface area contributed by atoms with Crippen molar-refractivity contribution in [2.24, 2.45) is 5.92 Å². The Kier molecular flexibility index (Phi) is 6.93. The van der Waals surface area contributed by atoms with E-state index in [4.69, 9.17) is 4.74 Å². The highest BCUT2D eigenvalue weighted by Gasteiger charge is 2.27. The van der Waals surface area contributed by atoms with E-state index in [2.05, 4.69) is 15.3 Å². The summed E-state index contributed by atoms with van der Waals surface area (Å²) in [5.74, 6) is 0.355. The molecule has 0 spiro atoms. The Morgan fingerprint density at radius 2 is 2.04 bits per heavy atom. The number of thiophene rings is 1. The summed E-state index contributed by atoms with van der Waals surface area (Å²) < 4.78 is 4.84. The number of nitrogens with zero attached hydrogens (tertiary/aromatic N) is 2. The number of carbonyl (C=O) groups excluding carboxylic acids is 2. The van der Waals surface area contributed by atoms with Crippen LogP contribution in [0.1, 0.15) is 49.4 Å². The minimum absolute atomic E-state index is 0.0123. The van der Waals surface area contributed by atoms with E-state index >= 15 is 0 Å². The van der Waals surface area contributed by atoms with E-state index in [0.717, 1.165) is 40.3 Å². The van der Waals surface area contributed by atoms with Gasteiger partial charge in [-0.2, -0.15) is 0 Å². The van der Waals surface area contributed by atoms with Gasteiger partial charge in [-0.15, -0.1) is 11.3 Å². The topological polar surface area (TPSA) is 81.2 Å². The van der Waals surface area contributed by atoms with E-state index in [0.29, 0.717) is 0 Å².